The van der Waals surface area contributed by atoms with Gasteiger partial charge in [0.05, 0.1) is 6.54 Å². The molecule has 0 bridgehead atoms. The molecule has 0 aliphatic rings. The SMILES string of the molecule is CCNC(=NCC(OC)c1ccc(F)cc1)NCCc1cccc(C(=O)N(C)C)c1.I. The van der Waals surface area contributed by atoms with Gasteiger partial charge < -0.3 is 20.3 Å². The van der Waals surface area contributed by atoms with Crippen LogP contribution in [0.25, 0.3) is 0 Å². The Balaban J connectivity index is 0.00000480. The van der Waals surface area contributed by atoms with E-state index in [1.54, 1.807) is 38.2 Å². The number of aliphatic imine (C=N–C) groups is 1. The van der Waals surface area contributed by atoms with Crippen LogP contribution in [0.2, 0.25) is 0 Å². The number of guanidine groups is 1. The lowest BCUT2D eigenvalue weighted by atomic mass is 10.1. The van der Waals surface area contributed by atoms with Crippen LogP contribution in [0.3, 0.4) is 0 Å². The molecule has 1 atom stereocenters. The molecule has 0 aliphatic carbocycles. The van der Waals surface area contributed by atoms with Gasteiger partial charge in [-0.2, -0.15) is 0 Å². The van der Waals surface area contributed by atoms with E-state index in [9.17, 15) is 9.18 Å². The largest absolute Gasteiger partial charge is 0.375 e. The summed E-state index contributed by atoms with van der Waals surface area (Å²) in [4.78, 5) is 18.3. The van der Waals surface area contributed by atoms with E-state index in [0.717, 1.165) is 24.1 Å². The van der Waals surface area contributed by atoms with Gasteiger partial charge >= 0.3 is 0 Å². The van der Waals surface area contributed by atoms with Crippen molar-refractivity contribution < 1.29 is 13.9 Å². The van der Waals surface area contributed by atoms with Gasteiger partial charge in [-0.05, 0) is 48.7 Å². The van der Waals surface area contributed by atoms with Gasteiger partial charge in [-0.25, -0.2) is 4.39 Å². The first-order valence-corrected chi connectivity index (χ1v) is 10.1. The van der Waals surface area contributed by atoms with Crippen molar-refractivity contribution in [2.45, 2.75) is 19.4 Å². The second-order valence-electron chi connectivity index (χ2n) is 7.07. The number of ether oxygens (including phenoxy) is 1. The van der Waals surface area contributed by atoms with Crippen molar-refractivity contribution in [3.63, 3.8) is 0 Å². The first kappa shape index (κ1) is 26.8. The van der Waals surface area contributed by atoms with E-state index in [1.165, 1.54) is 12.1 Å². The topological polar surface area (TPSA) is 66.0 Å². The Morgan fingerprint density at radius 3 is 2.48 bits per heavy atom. The molecule has 2 aromatic rings. The summed E-state index contributed by atoms with van der Waals surface area (Å²) >= 11 is 0. The maximum absolute atomic E-state index is 13.1. The molecule has 2 rings (SSSR count). The van der Waals surface area contributed by atoms with Crippen molar-refractivity contribution in [2.75, 3.05) is 40.8 Å². The molecule has 31 heavy (non-hydrogen) atoms. The van der Waals surface area contributed by atoms with Crippen LogP contribution in [0.1, 0.15) is 34.5 Å². The summed E-state index contributed by atoms with van der Waals surface area (Å²) in [5, 5.41) is 6.52. The van der Waals surface area contributed by atoms with Crippen LogP contribution in [0.15, 0.2) is 53.5 Å². The molecule has 6 nitrogen and oxygen atoms in total. The molecule has 0 aliphatic heterocycles. The number of rotatable bonds is 9. The van der Waals surface area contributed by atoms with Gasteiger partial charge in [-0.15, -0.1) is 24.0 Å². The smallest absolute Gasteiger partial charge is 0.253 e. The highest BCUT2D eigenvalue weighted by Gasteiger charge is 2.11. The van der Waals surface area contributed by atoms with Gasteiger partial charge in [0.25, 0.3) is 5.91 Å². The first-order chi connectivity index (χ1) is 14.4. The molecule has 1 unspecified atom stereocenters. The number of hydrogen-bond acceptors (Lipinski definition) is 3. The van der Waals surface area contributed by atoms with E-state index >= 15 is 0 Å². The van der Waals surface area contributed by atoms with Gasteiger partial charge in [0, 0.05) is 39.9 Å². The Morgan fingerprint density at radius 2 is 1.87 bits per heavy atom. The number of hydrogen-bond donors (Lipinski definition) is 2. The zero-order valence-corrected chi connectivity index (χ0v) is 20.9. The Kier molecular flexibility index (Phi) is 12.1. The third kappa shape index (κ3) is 8.82. The number of amides is 1. The van der Waals surface area contributed by atoms with E-state index in [4.69, 9.17) is 4.74 Å². The summed E-state index contributed by atoms with van der Waals surface area (Å²) in [5.41, 5.74) is 2.63. The average Bonchev–Trinajstić information content (AvgIpc) is 2.74. The number of halogens is 2. The molecule has 2 aromatic carbocycles. The quantitative estimate of drug-likeness (QED) is 0.289. The fourth-order valence-electron chi connectivity index (χ4n) is 2.95. The number of nitrogens with zero attached hydrogens (tertiary/aromatic N) is 2. The van der Waals surface area contributed by atoms with E-state index in [0.29, 0.717) is 24.6 Å². The van der Waals surface area contributed by atoms with E-state index in [-0.39, 0.29) is 41.8 Å². The third-order valence-corrected chi connectivity index (χ3v) is 4.57. The molecular weight excluding hydrogens is 510 g/mol. The summed E-state index contributed by atoms with van der Waals surface area (Å²) < 4.78 is 18.7. The van der Waals surface area contributed by atoms with Crippen LogP contribution in [-0.2, 0) is 11.2 Å². The maximum Gasteiger partial charge on any atom is 0.253 e. The summed E-state index contributed by atoms with van der Waals surface area (Å²) in [5.74, 6) is 0.400. The summed E-state index contributed by atoms with van der Waals surface area (Å²) in [6, 6.07) is 13.9. The van der Waals surface area contributed by atoms with Crippen molar-refractivity contribution in [3.05, 3.63) is 71.0 Å². The van der Waals surface area contributed by atoms with Gasteiger partial charge in [0.15, 0.2) is 5.96 Å². The Hall–Kier alpha value is -2.20. The van der Waals surface area contributed by atoms with Crippen LogP contribution in [-0.4, -0.2) is 57.6 Å². The minimum Gasteiger partial charge on any atom is -0.375 e. The monoisotopic (exact) mass is 542 g/mol. The number of methoxy groups -OCH3 is 1. The Morgan fingerprint density at radius 1 is 1.16 bits per heavy atom. The highest BCUT2D eigenvalue weighted by molar-refractivity contribution is 14.0. The molecule has 170 valence electrons. The number of benzene rings is 2. The fraction of sp³-hybridized carbons (Fsp3) is 0.391. The molecule has 0 radical (unpaired) electrons. The predicted molar refractivity (Wildman–Crippen MR) is 134 cm³/mol. The maximum atomic E-state index is 13.1. The lowest BCUT2D eigenvalue weighted by Crippen LogP contribution is -2.38. The number of carbonyl (C=O) groups is 1. The highest BCUT2D eigenvalue weighted by Crippen LogP contribution is 2.17. The van der Waals surface area contributed by atoms with Gasteiger partial charge in [-0.1, -0.05) is 24.3 Å². The summed E-state index contributed by atoms with van der Waals surface area (Å²) in [6.07, 6.45) is 0.500. The lowest BCUT2D eigenvalue weighted by molar-refractivity contribution is 0.0827. The van der Waals surface area contributed by atoms with Gasteiger partial charge in [0.2, 0.25) is 0 Å². The average molecular weight is 542 g/mol. The summed E-state index contributed by atoms with van der Waals surface area (Å²) in [6.45, 7) is 3.80. The molecule has 8 heteroatoms. The zero-order chi connectivity index (χ0) is 21.9. The van der Waals surface area contributed by atoms with E-state index in [1.807, 2.05) is 31.2 Å². The van der Waals surface area contributed by atoms with Crippen molar-refractivity contribution in [2.24, 2.45) is 4.99 Å². The zero-order valence-electron chi connectivity index (χ0n) is 18.5. The predicted octanol–water partition coefficient (Wildman–Crippen LogP) is 3.63. The van der Waals surface area contributed by atoms with Crippen LogP contribution in [0.4, 0.5) is 4.39 Å². The highest BCUT2D eigenvalue weighted by atomic mass is 127. The lowest BCUT2D eigenvalue weighted by Gasteiger charge is -2.16. The van der Waals surface area contributed by atoms with Crippen molar-refractivity contribution >= 4 is 35.8 Å². The summed E-state index contributed by atoms with van der Waals surface area (Å²) in [7, 11) is 5.11. The standard InChI is InChI=1S/C23H31FN4O2.HI/c1-5-25-23(27-16-21(30-4)18-9-11-20(24)12-10-18)26-14-13-17-7-6-8-19(15-17)22(29)28(2)3;/h6-12,15,21H,5,13-14,16H2,1-4H3,(H2,25,26,27);1H. The molecule has 0 aromatic heterocycles. The fourth-order valence-corrected chi connectivity index (χ4v) is 2.95. The van der Waals surface area contributed by atoms with E-state index < -0.39 is 0 Å². The minimum atomic E-state index is -0.275. The van der Waals surface area contributed by atoms with Gasteiger partial charge in [-0.3, -0.25) is 9.79 Å². The first-order valence-electron chi connectivity index (χ1n) is 10.1. The molecule has 0 saturated carbocycles. The second kappa shape index (κ2) is 14.0. The molecule has 1 amide bonds. The van der Waals surface area contributed by atoms with Crippen molar-refractivity contribution in [1.29, 1.82) is 0 Å². The number of carbonyl (C=O) groups excluding carboxylic acids is 1. The normalized spacial score (nSPS) is 12.0. The van der Waals surface area contributed by atoms with Crippen molar-refractivity contribution in [1.82, 2.24) is 15.5 Å². The molecule has 2 N–H and O–H groups in total. The molecule has 0 fully saturated rings. The Labute approximate surface area is 201 Å². The van der Waals surface area contributed by atoms with E-state index in [2.05, 4.69) is 15.6 Å². The van der Waals surface area contributed by atoms with Crippen LogP contribution < -0.4 is 10.6 Å². The molecule has 0 spiro atoms. The van der Waals surface area contributed by atoms with Crippen LogP contribution >= 0.6 is 24.0 Å². The van der Waals surface area contributed by atoms with Crippen LogP contribution in [0, 0.1) is 5.82 Å². The van der Waals surface area contributed by atoms with Gasteiger partial charge in [0.1, 0.15) is 11.9 Å². The minimum absolute atomic E-state index is 0. The Bertz CT molecular complexity index is 844. The third-order valence-electron chi connectivity index (χ3n) is 4.57. The molecule has 0 saturated heterocycles. The molecule has 0 heterocycles. The van der Waals surface area contributed by atoms with Crippen molar-refractivity contribution in [3.8, 4) is 0 Å². The second-order valence-corrected chi connectivity index (χ2v) is 7.07. The number of nitrogens with one attached hydrogen (secondary N) is 2. The molecular formula is C23H32FIN4O2. The van der Waals surface area contributed by atoms with Crippen LogP contribution in [0.5, 0.6) is 0 Å².